The fourth-order valence-electron chi connectivity index (χ4n) is 1.70. The molecule has 0 atom stereocenters. The largest absolute Gasteiger partial charge is 0.478 e. The lowest BCUT2D eigenvalue weighted by Gasteiger charge is -2.10. The normalized spacial score (nSPS) is 10.1. The minimum absolute atomic E-state index is 0.0637. The Balaban J connectivity index is 1.92. The summed E-state index contributed by atoms with van der Waals surface area (Å²) in [4.78, 5) is 29.6. The van der Waals surface area contributed by atoms with Crippen LogP contribution in [0.1, 0.15) is 16.1 Å². The van der Waals surface area contributed by atoms with Crippen molar-refractivity contribution < 1.29 is 14.7 Å². The number of nitrogens with zero attached hydrogens (tertiary/aromatic N) is 1. The zero-order chi connectivity index (χ0) is 15.2. The lowest BCUT2D eigenvalue weighted by atomic mass is 10.2. The van der Waals surface area contributed by atoms with Gasteiger partial charge in [-0.2, -0.15) is 0 Å². The van der Waals surface area contributed by atoms with E-state index in [9.17, 15) is 9.59 Å². The molecule has 8 heteroatoms. The lowest BCUT2D eigenvalue weighted by molar-refractivity contribution is 0.0698. The first-order valence-electron chi connectivity index (χ1n) is 6.11. The van der Waals surface area contributed by atoms with Crippen molar-refractivity contribution in [1.82, 2.24) is 15.3 Å². The van der Waals surface area contributed by atoms with E-state index >= 15 is 0 Å². The minimum Gasteiger partial charge on any atom is -0.478 e. The summed E-state index contributed by atoms with van der Waals surface area (Å²) in [5.41, 5.74) is 1.02. The molecule has 0 radical (unpaired) electrons. The second-order valence-corrected chi connectivity index (χ2v) is 4.64. The predicted molar refractivity (Wildman–Crippen MR) is 77.7 cm³/mol. The second-order valence-electron chi connectivity index (χ2n) is 4.20. The third kappa shape index (κ3) is 4.22. The summed E-state index contributed by atoms with van der Waals surface area (Å²) in [7, 11) is 0. The van der Waals surface area contributed by atoms with Gasteiger partial charge in [-0.1, -0.05) is 11.6 Å². The monoisotopic (exact) mass is 308 g/mol. The number of anilines is 1. The maximum Gasteiger partial charge on any atom is 0.337 e. The Kier molecular flexibility index (Phi) is 4.78. The number of hydrogen-bond acceptors (Lipinski definition) is 3. The smallest absolute Gasteiger partial charge is 0.337 e. The zero-order valence-corrected chi connectivity index (χ0v) is 11.6. The standard InChI is InChI=1S/C13H13ClN4O3/c14-8-1-2-11(10(5-8)12(19)20)18-13(21)16-4-3-9-6-15-7-17-9/h1-2,5-7H,3-4H2,(H,15,17)(H,19,20)(H2,16,18,21). The van der Waals surface area contributed by atoms with Gasteiger partial charge >= 0.3 is 12.0 Å². The van der Waals surface area contributed by atoms with E-state index in [0.717, 1.165) is 5.69 Å². The van der Waals surface area contributed by atoms with Crippen LogP contribution in [0.2, 0.25) is 5.02 Å². The molecular formula is C13H13ClN4O3. The first kappa shape index (κ1) is 14.9. The molecule has 110 valence electrons. The summed E-state index contributed by atoms with van der Waals surface area (Å²) < 4.78 is 0. The van der Waals surface area contributed by atoms with Crippen LogP contribution in [0.4, 0.5) is 10.5 Å². The molecule has 2 aromatic rings. The van der Waals surface area contributed by atoms with E-state index in [1.807, 2.05) is 0 Å². The average Bonchev–Trinajstić information content (AvgIpc) is 2.94. The fraction of sp³-hybridized carbons (Fsp3) is 0.154. The number of aromatic amines is 1. The Morgan fingerprint density at radius 3 is 2.86 bits per heavy atom. The molecule has 7 nitrogen and oxygen atoms in total. The Bertz CT molecular complexity index is 643. The van der Waals surface area contributed by atoms with Crippen LogP contribution in [0.15, 0.2) is 30.7 Å². The van der Waals surface area contributed by atoms with Crippen molar-refractivity contribution in [2.45, 2.75) is 6.42 Å². The van der Waals surface area contributed by atoms with Crippen molar-refractivity contribution in [2.75, 3.05) is 11.9 Å². The van der Waals surface area contributed by atoms with Crippen LogP contribution in [0.5, 0.6) is 0 Å². The van der Waals surface area contributed by atoms with Gasteiger partial charge in [0.1, 0.15) is 0 Å². The number of nitrogens with one attached hydrogen (secondary N) is 3. The zero-order valence-electron chi connectivity index (χ0n) is 10.9. The van der Waals surface area contributed by atoms with Crippen molar-refractivity contribution in [3.05, 3.63) is 47.0 Å². The van der Waals surface area contributed by atoms with Crippen molar-refractivity contribution in [2.24, 2.45) is 0 Å². The van der Waals surface area contributed by atoms with E-state index in [1.165, 1.54) is 18.2 Å². The molecule has 0 saturated heterocycles. The third-order valence-electron chi connectivity index (χ3n) is 2.69. The molecule has 0 aliphatic heterocycles. The summed E-state index contributed by atoms with van der Waals surface area (Å²) in [5, 5.41) is 14.5. The molecule has 1 aromatic heterocycles. The van der Waals surface area contributed by atoms with E-state index < -0.39 is 12.0 Å². The topological polar surface area (TPSA) is 107 Å². The van der Waals surface area contributed by atoms with Crippen molar-refractivity contribution in [3.8, 4) is 0 Å². The number of carbonyl (C=O) groups is 2. The number of H-pyrrole nitrogens is 1. The van der Waals surface area contributed by atoms with Crippen LogP contribution < -0.4 is 10.6 Å². The van der Waals surface area contributed by atoms with Gasteiger partial charge in [-0.15, -0.1) is 0 Å². The molecule has 0 saturated carbocycles. The van der Waals surface area contributed by atoms with Crippen LogP contribution in [0.3, 0.4) is 0 Å². The highest BCUT2D eigenvalue weighted by atomic mass is 35.5. The quantitative estimate of drug-likeness (QED) is 0.678. The molecule has 0 unspecified atom stereocenters. The van der Waals surface area contributed by atoms with Crippen molar-refractivity contribution in [1.29, 1.82) is 0 Å². The van der Waals surface area contributed by atoms with E-state index in [2.05, 4.69) is 20.6 Å². The number of amides is 2. The van der Waals surface area contributed by atoms with Crippen LogP contribution in [0, 0.1) is 0 Å². The summed E-state index contributed by atoms with van der Waals surface area (Å²) >= 11 is 5.74. The fourth-order valence-corrected chi connectivity index (χ4v) is 1.87. The number of aromatic nitrogens is 2. The van der Waals surface area contributed by atoms with Crippen molar-refractivity contribution in [3.63, 3.8) is 0 Å². The Hall–Kier alpha value is -2.54. The summed E-state index contributed by atoms with van der Waals surface area (Å²) in [6.07, 6.45) is 3.82. The van der Waals surface area contributed by atoms with Gasteiger partial charge in [-0.3, -0.25) is 0 Å². The summed E-state index contributed by atoms with van der Waals surface area (Å²) in [5.74, 6) is -1.16. The molecule has 2 amide bonds. The number of benzene rings is 1. The van der Waals surface area contributed by atoms with Gasteiger partial charge in [0.15, 0.2) is 0 Å². The number of aromatic carboxylic acids is 1. The maximum atomic E-state index is 11.7. The molecule has 0 bridgehead atoms. The molecule has 1 heterocycles. The van der Waals surface area contributed by atoms with Gasteiger partial charge in [0.25, 0.3) is 0 Å². The van der Waals surface area contributed by atoms with Gasteiger partial charge in [-0.05, 0) is 18.2 Å². The predicted octanol–water partition coefficient (Wildman–Crippen LogP) is 2.13. The Morgan fingerprint density at radius 1 is 1.38 bits per heavy atom. The number of imidazole rings is 1. The highest BCUT2D eigenvalue weighted by Gasteiger charge is 2.12. The highest BCUT2D eigenvalue weighted by Crippen LogP contribution is 2.20. The van der Waals surface area contributed by atoms with Gasteiger partial charge in [0.2, 0.25) is 0 Å². The van der Waals surface area contributed by atoms with E-state index in [4.69, 9.17) is 16.7 Å². The number of carboxylic acids is 1. The molecule has 4 N–H and O–H groups in total. The summed E-state index contributed by atoms with van der Waals surface area (Å²) in [6, 6.07) is 3.75. The Labute approximate surface area is 125 Å². The number of urea groups is 1. The second kappa shape index (κ2) is 6.76. The van der Waals surface area contributed by atoms with E-state index in [0.29, 0.717) is 13.0 Å². The molecular weight excluding hydrogens is 296 g/mol. The lowest BCUT2D eigenvalue weighted by Crippen LogP contribution is -2.31. The Morgan fingerprint density at radius 2 is 2.19 bits per heavy atom. The van der Waals surface area contributed by atoms with Gasteiger partial charge in [-0.25, -0.2) is 14.6 Å². The minimum atomic E-state index is -1.16. The average molecular weight is 309 g/mol. The number of carboxylic acid groups (broad SMARTS) is 1. The molecule has 0 spiro atoms. The number of hydrogen-bond donors (Lipinski definition) is 4. The molecule has 0 fully saturated rings. The van der Waals surface area contributed by atoms with E-state index in [-0.39, 0.29) is 16.3 Å². The molecule has 1 aromatic carbocycles. The molecule has 0 aliphatic rings. The SMILES string of the molecule is O=C(NCCc1cnc[nH]1)Nc1ccc(Cl)cc1C(=O)O. The number of halogens is 1. The van der Waals surface area contributed by atoms with Gasteiger partial charge in [0.05, 0.1) is 17.6 Å². The van der Waals surface area contributed by atoms with Crippen LogP contribution in [-0.4, -0.2) is 33.6 Å². The van der Waals surface area contributed by atoms with Crippen LogP contribution in [0.25, 0.3) is 0 Å². The molecule has 0 aliphatic carbocycles. The molecule has 21 heavy (non-hydrogen) atoms. The summed E-state index contributed by atoms with van der Waals surface area (Å²) in [6.45, 7) is 0.393. The van der Waals surface area contributed by atoms with Gasteiger partial charge < -0.3 is 20.7 Å². The van der Waals surface area contributed by atoms with Crippen molar-refractivity contribution >= 4 is 29.3 Å². The highest BCUT2D eigenvalue weighted by molar-refractivity contribution is 6.31. The van der Waals surface area contributed by atoms with E-state index in [1.54, 1.807) is 12.5 Å². The number of carbonyl (C=O) groups excluding carboxylic acids is 1. The first-order valence-corrected chi connectivity index (χ1v) is 6.49. The first-order chi connectivity index (χ1) is 10.1. The van der Waals surface area contributed by atoms with Crippen LogP contribution >= 0.6 is 11.6 Å². The third-order valence-corrected chi connectivity index (χ3v) is 2.93. The van der Waals surface area contributed by atoms with Gasteiger partial charge in [0, 0.05) is 29.9 Å². The molecule has 2 rings (SSSR count). The maximum absolute atomic E-state index is 11.7. The number of rotatable bonds is 5. The van der Waals surface area contributed by atoms with Crippen LogP contribution in [-0.2, 0) is 6.42 Å².